The van der Waals surface area contributed by atoms with Crippen molar-refractivity contribution in [2.45, 2.75) is 6.10 Å². The van der Waals surface area contributed by atoms with E-state index in [4.69, 9.17) is 4.74 Å². The quantitative estimate of drug-likeness (QED) is 0.856. The Bertz CT molecular complexity index is 859. The largest absolute Gasteiger partial charge is 0.442 e. The number of carbonyl (C=O) groups is 3. The number of carbonyl (C=O) groups excluding carboxylic acids is 3. The van der Waals surface area contributed by atoms with Crippen LogP contribution in [0.3, 0.4) is 0 Å². The first kappa shape index (κ1) is 16.1. The van der Waals surface area contributed by atoms with Crippen LogP contribution in [-0.4, -0.2) is 49.0 Å². The van der Waals surface area contributed by atoms with Gasteiger partial charge >= 0.3 is 6.09 Å². The molecule has 0 unspecified atom stereocenters. The Hall–Kier alpha value is -3.35. The van der Waals surface area contributed by atoms with Gasteiger partial charge in [-0.2, -0.15) is 0 Å². The summed E-state index contributed by atoms with van der Waals surface area (Å²) in [6.45, 7) is 0.328. The topological polar surface area (TPSA) is 78.9 Å². The van der Waals surface area contributed by atoms with Crippen LogP contribution in [-0.2, 0) is 4.74 Å². The van der Waals surface area contributed by atoms with Crippen LogP contribution in [0.25, 0.3) is 0 Å². The van der Waals surface area contributed by atoms with E-state index in [0.29, 0.717) is 16.8 Å². The molecule has 1 atom stereocenters. The van der Waals surface area contributed by atoms with Crippen LogP contribution < -0.4 is 10.2 Å². The van der Waals surface area contributed by atoms with E-state index in [0.717, 1.165) is 10.6 Å². The van der Waals surface area contributed by atoms with E-state index in [1.807, 2.05) is 31.3 Å². The minimum Gasteiger partial charge on any atom is -0.442 e. The summed E-state index contributed by atoms with van der Waals surface area (Å²) >= 11 is 0. The highest BCUT2D eigenvalue weighted by Gasteiger charge is 2.40. The summed E-state index contributed by atoms with van der Waals surface area (Å²) in [6.07, 6.45) is -1.04. The molecule has 7 heteroatoms. The normalized spacial score (nSPS) is 19.0. The predicted octanol–water partition coefficient (Wildman–Crippen LogP) is 2.35. The second-order valence-electron chi connectivity index (χ2n) is 6.18. The zero-order valence-electron chi connectivity index (χ0n) is 14.1. The zero-order valence-corrected chi connectivity index (χ0v) is 14.1. The van der Waals surface area contributed by atoms with Gasteiger partial charge in [0.25, 0.3) is 11.8 Å². The van der Waals surface area contributed by atoms with Crippen molar-refractivity contribution < 1.29 is 19.1 Å². The molecule has 0 aromatic heterocycles. The number of imide groups is 1. The fourth-order valence-corrected chi connectivity index (χ4v) is 3.24. The Kier molecular flexibility index (Phi) is 3.84. The van der Waals surface area contributed by atoms with Crippen molar-refractivity contribution in [3.05, 3.63) is 59.7 Å². The fraction of sp³-hybridized carbons (Fsp3) is 0.211. The monoisotopic (exact) mass is 351 g/mol. The fourth-order valence-electron chi connectivity index (χ4n) is 3.24. The number of hydrogen-bond acceptors (Lipinski definition) is 5. The Balaban J connectivity index is 1.48. The third-order valence-corrected chi connectivity index (χ3v) is 4.61. The Morgan fingerprint density at radius 1 is 1.00 bits per heavy atom. The van der Waals surface area contributed by atoms with Crippen molar-refractivity contribution in [3.8, 4) is 0 Å². The van der Waals surface area contributed by atoms with Gasteiger partial charge in [0.2, 0.25) is 0 Å². The van der Waals surface area contributed by atoms with Gasteiger partial charge in [-0.15, -0.1) is 0 Å². The van der Waals surface area contributed by atoms with Crippen molar-refractivity contribution in [2.24, 2.45) is 0 Å². The van der Waals surface area contributed by atoms with Crippen LogP contribution >= 0.6 is 0 Å². The summed E-state index contributed by atoms with van der Waals surface area (Å²) in [5.74, 6) is -0.697. The standard InChI is InChI=1S/C19H17N3O4/c1-20-12-6-8-13(9-7-12)21-10-14(26-19(21)25)11-22-17(23)15-4-2-3-5-16(15)18(22)24/h2-9,14,20H,10-11H2,1H3/t14-/m1/s1. The molecule has 7 nitrogen and oxygen atoms in total. The molecule has 1 N–H and O–H groups in total. The number of benzene rings is 2. The minimum absolute atomic E-state index is 0.0448. The molecule has 2 heterocycles. The number of nitrogens with zero attached hydrogens (tertiary/aromatic N) is 2. The van der Waals surface area contributed by atoms with Crippen LogP contribution in [0, 0.1) is 0 Å². The molecule has 0 bridgehead atoms. The van der Waals surface area contributed by atoms with Gasteiger partial charge < -0.3 is 10.1 Å². The Morgan fingerprint density at radius 3 is 2.19 bits per heavy atom. The average molecular weight is 351 g/mol. The predicted molar refractivity (Wildman–Crippen MR) is 95.4 cm³/mol. The summed E-state index contributed by atoms with van der Waals surface area (Å²) in [6, 6.07) is 14.1. The summed E-state index contributed by atoms with van der Waals surface area (Å²) < 4.78 is 5.37. The number of cyclic esters (lactones) is 1. The van der Waals surface area contributed by atoms with E-state index >= 15 is 0 Å². The number of anilines is 2. The van der Waals surface area contributed by atoms with Crippen molar-refractivity contribution >= 4 is 29.3 Å². The lowest BCUT2D eigenvalue weighted by Gasteiger charge is -2.17. The molecule has 1 fully saturated rings. The van der Waals surface area contributed by atoms with Crippen LogP contribution in [0.4, 0.5) is 16.2 Å². The molecule has 0 aliphatic carbocycles. The summed E-state index contributed by atoms with van der Waals surface area (Å²) in [5, 5.41) is 3.02. The number of amides is 3. The first-order valence-corrected chi connectivity index (χ1v) is 8.29. The van der Waals surface area contributed by atoms with Crippen LogP contribution in [0.5, 0.6) is 0 Å². The van der Waals surface area contributed by atoms with Gasteiger partial charge in [0.15, 0.2) is 0 Å². The molecule has 26 heavy (non-hydrogen) atoms. The Labute approximate surface area is 150 Å². The van der Waals surface area contributed by atoms with E-state index in [1.54, 1.807) is 24.3 Å². The maximum absolute atomic E-state index is 12.4. The number of fused-ring (bicyclic) bond motifs is 1. The van der Waals surface area contributed by atoms with Crippen molar-refractivity contribution in [2.75, 3.05) is 30.4 Å². The van der Waals surface area contributed by atoms with Gasteiger partial charge in [0, 0.05) is 18.4 Å². The van der Waals surface area contributed by atoms with Crippen molar-refractivity contribution in [1.82, 2.24) is 4.90 Å². The van der Waals surface area contributed by atoms with E-state index in [2.05, 4.69) is 5.32 Å². The smallest absolute Gasteiger partial charge is 0.414 e. The highest BCUT2D eigenvalue weighted by molar-refractivity contribution is 6.21. The second-order valence-corrected chi connectivity index (χ2v) is 6.18. The third kappa shape index (κ3) is 2.57. The summed E-state index contributed by atoms with van der Waals surface area (Å²) in [5.41, 5.74) is 2.42. The average Bonchev–Trinajstić information content (AvgIpc) is 3.15. The van der Waals surface area contributed by atoms with Gasteiger partial charge in [0.1, 0.15) is 6.10 Å². The molecule has 0 radical (unpaired) electrons. The summed E-state index contributed by atoms with van der Waals surface area (Å²) in [7, 11) is 1.82. The molecule has 0 saturated carbocycles. The van der Waals surface area contributed by atoms with Gasteiger partial charge in [-0.25, -0.2) is 4.79 Å². The zero-order chi connectivity index (χ0) is 18.3. The number of hydrogen-bond donors (Lipinski definition) is 1. The molecule has 1 saturated heterocycles. The van der Waals surface area contributed by atoms with Gasteiger partial charge in [-0.1, -0.05) is 12.1 Å². The highest BCUT2D eigenvalue weighted by Crippen LogP contribution is 2.27. The van der Waals surface area contributed by atoms with E-state index in [9.17, 15) is 14.4 Å². The van der Waals surface area contributed by atoms with Crippen LogP contribution in [0.1, 0.15) is 20.7 Å². The molecule has 0 spiro atoms. The molecule has 2 aliphatic rings. The first-order valence-electron chi connectivity index (χ1n) is 8.29. The molecule has 2 aromatic carbocycles. The van der Waals surface area contributed by atoms with Crippen LogP contribution in [0.2, 0.25) is 0 Å². The van der Waals surface area contributed by atoms with Gasteiger partial charge in [-0.3, -0.25) is 19.4 Å². The van der Waals surface area contributed by atoms with E-state index < -0.39 is 12.2 Å². The van der Waals surface area contributed by atoms with E-state index in [1.165, 1.54) is 4.90 Å². The lowest BCUT2D eigenvalue weighted by molar-refractivity contribution is 0.0558. The maximum atomic E-state index is 12.4. The lowest BCUT2D eigenvalue weighted by atomic mass is 10.1. The molecule has 3 amide bonds. The number of nitrogens with one attached hydrogen (secondary N) is 1. The maximum Gasteiger partial charge on any atom is 0.414 e. The minimum atomic E-state index is -0.561. The molecular weight excluding hydrogens is 334 g/mol. The number of ether oxygens (including phenoxy) is 1. The lowest BCUT2D eigenvalue weighted by Crippen LogP contribution is -2.38. The molecule has 2 aromatic rings. The Morgan fingerprint density at radius 2 is 1.62 bits per heavy atom. The molecule has 2 aliphatic heterocycles. The third-order valence-electron chi connectivity index (χ3n) is 4.61. The van der Waals surface area contributed by atoms with Crippen LogP contribution in [0.15, 0.2) is 48.5 Å². The van der Waals surface area contributed by atoms with Crippen molar-refractivity contribution in [3.63, 3.8) is 0 Å². The number of rotatable bonds is 4. The summed E-state index contributed by atoms with van der Waals surface area (Å²) in [4.78, 5) is 39.7. The highest BCUT2D eigenvalue weighted by atomic mass is 16.6. The van der Waals surface area contributed by atoms with Crippen molar-refractivity contribution in [1.29, 1.82) is 0 Å². The first-order chi connectivity index (χ1) is 12.6. The SMILES string of the molecule is CNc1ccc(N2C[C@H](CN3C(=O)c4ccccc4C3=O)OC2=O)cc1. The van der Waals surface area contributed by atoms with E-state index in [-0.39, 0.29) is 24.9 Å². The van der Waals surface area contributed by atoms with Gasteiger partial charge in [0.05, 0.1) is 24.2 Å². The molecule has 4 rings (SSSR count). The molecular formula is C19H17N3O4. The molecule has 132 valence electrons. The van der Waals surface area contributed by atoms with Gasteiger partial charge in [-0.05, 0) is 36.4 Å². The second kappa shape index (κ2) is 6.18.